The fourth-order valence-corrected chi connectivity index (χ4v) is 2.76. The molecule has 1 heterocycles. The molecule has 1 aliphatic heterocycles. The number of benzene rings is 2. The van der Waals surface area contributed by atoms with Crippen molar-refractivity contribution in [3.05, 3.63) is 64.0 Å². The standard InChI is InChI=1S/C17H16FN3O3/c1-11-8-9-20(16-5-3-2-4-15(16)19-11)17(22)13-7-6-12(21(23)24)10-14(13)18/h2-7,10-11,19H,8-9H2,1H3. The van der Waals surface area contributed by atoms with E-state index in [9.17, 15) is 19.3 Å². The zero-order chi connectivity index (χ0) is 17.3. The summed E-state index contributed by atoms with van der Waals surface area (Å²) in [7, 11) is 0. The van der Waals surface area contributed by atoms with E-state index in [0.29, 0.717) is 18.7 Å². The second-order valence-electron chi connectivity index (χ2n) is 5.73. The van der Waals surface area contributed by atoms with Crippen molar-refractivity contribution in [3.8, 4) is 0 Å². The third-order valence-corrected chi connectivity index (χ3v) is 4.02. The highest BCUT2D eigenvalue weighted by atomic mass is 19.1. The van der Waals surface area contributed by atoms with Crippen molar-refractivity contribution in [1.29, 1.82) is 0 Å². The van der Waals surface area contributed by atoms with Crippen LogP contribution in [0.4, 0.5) is 21.5 Å². The minimum absolute atomic E-state index is 0.172. The number of anilines is 2. The van der Waals surface area contributed by atoms with E-state index in [1.807, 2.05) is 25.1 Å². The molecule has 0 aromatic heterocycles. The number of fused-ring (bicyclic) bond motifs is 1. The van der Waals surface area contributed by atoms with E-state index in [1.165, 1.54) is 11.0 Å². The Morgan fingerprint density at radius 1 is 1.33 bits per heavy atom. The van der Waals surface area contributed by atoms with Crippen LogP contribution in [0.25, 0.3) is 0 Å². The monoisotopic (exact) mass is 329 g/mol. The number of nitrogens with one attached hydrogen (secondary N) is 1. The van der Waals surface area contributed by atoms with E-state index in [-0.39, 0.29) is 17.3 Å². The maximum Gasteiger partial charge on any atom is 0.272 e. The van der Waals surface area contributed by atoms with Crippen LogP contribution in [0, 0.1) is 15.9 Å². The van der Waals surface area contributed by atoms with Crippen LogP contribution in [0.1, 0.15) is 23.7 Å². The van der Waals surface area contributed by atoms with Crippen molar-refractivity contribution in [2.45, 2.75) is 19.4 Å². The zero-order valence-corrected chi connectivity index (χ0v) is 13.0. The fourth-order valence-electron chi connectivity index (χ4n) is 2.76. The number of nitro benzene ring substituents is 1. The molecule has 2 aromatic carbocycles. The predicted molar refractivity (Wildman–Crippen MR) is 88.9 cm³/mol. The summed E-state index contributed by atoms with van der Waals surface area (Å²) in [5, 5.41) is 14.0. The molecule has 0 fully saturated rings. The Balaban J connectivity index is 1.99. The second kappa shape index (κ2) is 6.27. The number of halogens is 1. The van der Waals surface area contributed by atoms with Crippen LogP contribution in [0.2, 0.25) is 0 Å². The topological polar surface area (TPSA) is 75.5 Å². The average Bonchev–Trinajstić information content (AvgIpc) is 2.72. The van der Waals surface area contributed by atoms with Crippen molar-refractivity contribution < 1.29 is 14.1 Å². The molecule has 0 spiro atoms. The Labute approximate surface area is 138 Å². The first-order valence-corrected chi connectivity index (χ1v) is 7.58. The van der Waals surface area contributed by atoms with Crippen molar-refractivity contribution >= 4 is 23.0 Å². The molecule has 1 unspecified atom stereocenters. The minimum Gasteiger partial charge on any atom is -0.381 e. The van der Waals surface area contributed by atoms with Gasteiger partial charge < -0.3 is 10.2 Å². The quantitative estimate of drug-likeness (QED) is 0.675. The number of hydrogen-bond donors (Lipinski definition) is 1. The molecule has 2 aromatic rings. The van der Waals surface area contributed by atoms with Gasteiger partial charge in [0.25, 0.3) is 11.6 Å². The number of nitro groups is 1. The lowest BCUT2D eigenvalue weighted by molar-refractivity contribution is -0.385. The molecule has 0 saturated heterocycles. The van der Waals surface area contributed by atoms with Gasteiger partial charge in [-0.15, -0.1) is 0 Å². The first-order chi connectivity index (χ1) is 11.5. The van der Waals surface area contributed by atoms with Crippen LogP contribution in [0.5, 0.6) is 0 Å². The molecule has 6 nitrogen and oxygen atoms in total. The number of para-hydroxylation sites is 2. The summed E-state index contributed by atoms with van der Waals surface area (Å²) in [4.78, 5) is 24.3. The lowest BCUT2D eigenvalue weighted by Crippen LogP contribution is -2.32. The average molecular weight is 329 g/mol. The van der Waals surface area contributed by atoms with E-state index in [4.69, 9.17) is 0 Å². The zero-order valence-electron chi connectivity index (χ0n) is 13.0. The van der Waals surface area contributed by atoms with Crippen LogP contribution < -0.4 is 10.2 Å². The molecule has 0 radical (unpaired) electrons. The smallest absolute Gasteiger partial charge is 0.272 e. The Morgan fingerprint density at radius 2 is 2.08 bits per heavy atom. The summed E-state index contributed by atoms with van der Waals surface area (Å²) in [6, 6.07) is 10.6. The molecule has 0 bridgehead atoms. The molecule has 0 saturated carbocycles. The summed E-state index contributed by atoms with van der Waals surface area (Å²) in [5.74, 6) is -1.40. The Kier molecular flexibility index (Phi) is 4.16. The van der Waals surface area contributed by atoms with Crippen molar-refractivity contribution in [2.24, 2.45) is 0 Å². The normalized spacial score (nSPS) is 16.8. The number of carbonyl (C=O) groups excluding carboxylic acids is 1. The van der Waals surface area contributed by atoms with E-state index >= 15 is 0 Å². The van der Waals surface area contributed by atoms with E-state index in [0.717, 1.165) is 17.8 Å². The molecule has 124 valence electrons. The summed E-state index contributed by atoms with van der Waals surface area (Å²) in [5.41, 5.74) is 0.920. The van der Waals surface area contributed by atoms with Crippen molar-refractivity contribution in [3.63, 3.8) is 0 Å². The molecule has 1 atom stereocenters. The molecule has 1 N–H and O–H groups in total. The fraction of sp³-hybridized carbons (Fsp3) is 0.235. The van der Waals surface area contributed by atoms with Crippen LogP contribution in [-0.4, -0.2) is 23.4 Å². The highest BCUT2D eigenvalue weighted by Gasteiger charge is 2.26. The molecule has 1 amide bonds. The third kappa shape index (κ3) is 2.92. The molecule has 0 aliphatic carbocycles. The van der Waals surface area contributed by atoms with Gasteiger partial charge in [-0.25, -0.2) is 4.39 Å². The lowest BCUT2D eigenvalue weighted by Gasteiger charge is -2.22. The van der Waals surface area contributed by atoms with Crippen LogP contribution >= 0.6 is 0 Å². The largest absolute Gasteiger partial charge is 0.381 e. The predicted octanol–water partition coefficient (Wildman–Crippen LogP) is 3.58. The number of rotatable bonds is 2. The second-order valence-corrected chi connectivity index (χ2v) is 5.73. The van der Waals surface area contributed by atoms with E-state index < -0.39 is 16.6 Å². The highest BCUT2D eigenvalue weighted by molar-refractivity contribution is 6.08. The molecular weight excluding hydrogens is 313 g/mol. The maximum absolute atomic E-state index is 14.2. The van der Waals surface area contributed by atoms with Gasteiger partial charge in [-0.1, -0.05) is 12.1 Å². The van der Waals surface area contributed by atoms with Gasteiger partial charge in [0.15, 0.2) is 0 Å². The van der Waals surface area contributed by atoms with Crippen LogP contribution in [0.3, 0.4) is 0 Å². The Bertz CT molecular complexity index is 809. The van der Waals surface area contributed by atoms with Crippen LogP contribution in [-0.2, 0) is 0 Å². The third-order valence-electron chi connectivity index (χ3n) is 4.02. The van der Waals surface area contributed by atoms with Gasteiger partial charge in [0, 0.05) is 18.7 Å². The SMILES string of the molecule is CC1CCN(C(=O)c2ccc([N+](=O)[O-])cc2F)c2ccccc2N1. The molecule has 1 aliphatic rings. The Morgan fingerprint density at radius 3 is 2.79 bits per heavy atom. The van der Waals surface area contributed by atoms with Crippen molar-refractivity contribution in [2.75, 3.05) is 16.8 Å². The van der Waals surface area contributed by atoms with E-state index in [2.05, 4.69) is 5.32 Å². The summed E-state index contributed by atoms with van der Waals surface area (Å²) in [6.07, 6.45) is 0.703. The van der Waals surface area contributed by atoms with Gasteiger partial charge >= 0.3 is 0 Å². The molecule has 24 heavy (non-hydrogen) atoms. The van der Waals surface area contributed by atoms with E-state index in [1.54, 1.807) is 6.07 Å². The first kappa shape index (κ1) is 15.9. The van der Waals surface area contributed by atoms with Gasteiger partial charge in [-0.3, -0.25) is 14.9 Å². The molecule has 7 heteroatoms. The van der Waals surface area contributed by atoms with Gasteiger partial charge in [0.1, 0.15) is 5.82 Å². The summed E-state index contributed by atoms with van der Waals surface area (Å²) >= 11 is 0. The lowest BCUT2D eigenvalue weighted by atomic mass is 10.1. The van der Waals surface area contributed by atoms with Crippen molar-refractivity contribution in [1.82, 2.24) is 0 Å². The minimum atomic E-state index is -0.892. The number of non-ortho nitro benzene ring substituents is 1. The Hall–Kier alpha value is -2.96. The molecular formula is C17H16FN3O3. The summed E-state index contributed by atoms with van der Waals surface area (Å²) in [6.45, 7) is 2.44. The first-order valence-electron chi connectivity index (χ1n) is 7.58. The number of amides is 1. The van der Waals surface area contributed by atoms with Crippen LogP contribution in [0.15, 0.2) is 42.5 Å². The van der Waals surface area contributed by atoms with Gasteiger partial charge in [0.2, 0.25) is 0 Å². The molecule has 3 rings (SSSR count). The van der Waals surface area contributed by atoms with Gasteiger partial charge in [-0.05, 0) is 31.5 Å². The van der Waals surface area contributed by atoms with Gasteiger partial charge in [0.05, 0.1) is 27.9 Å². The summed E-state index contributed by atoms with van der Waals surface area (Å²) < 4.78 is 14.2. The highest BCUT2D eigenvalue weighted by Crippen LogP contribution is 2.31. The van der Waals surface area contributed by atoms with Gasteiger partial charge in [-0.2, -0.15) is 0 Å². The number of carbonyl (C=O) groups is 1. The number of nitrogens with zero attached hydrogens (tertiary/aromatic N) is 2. The number of hydrogen-bond acceptors (Lipinski definition) is 4. The maximum atomic E-state index is 14.2.